The molecule has 5 rings (SSSR count). The third-order valence-electron chi connectivity index (χ3n) is 6.61. The van der Waals surface area contributed by atoms with Crippen molar-refractivity contribution >= 4 is 23.6 Å². The standard InChI is InChI=1S/C32H30N2O2S/c35-30-24-37-32(34(30)21-20-25-10-4-1-5-11-25)29-18-16-28(17-19-29)31(36)33(22-26-12-6-2-7-13-26)23-27-14-8-3-9-15-27/h1-19,32H,20-24H2/t32-/m0/s1. The summed E-state index contributed by atoms with van der Waals surface area (Å²) in [6.45, 7) is 1.76. The van der Waals surface area contributed by atoms with E-state index in [1.54, 1.807) is 11.8 Å². The molecule has 0 unspecified atom stereocenters. The molecule has 0 aromatic heterocycles. The average molecular weight is 507 g/mol. The molecule has 1 aliphatic heterocycles. The highest BCUT2D eigenvalue weighted by atomic mass is 32.2. The molecule has 2 amide bonds. The number of amides is 2. The fraction of sp³-hybridized carbons (Fsp3) is 0.188. The molecule has 4 aromatic carbocycles. The molecule has 1 aliphatic rings. The number of hydrogen-bond donors (Lipinski definition) is 0. The van der Waals surface area contributed by atoms with Crippen LogP contribution in [-0.2, 0) is 24.3 Å². The van der Waals surface area contributed by atoms with Crippen LogP contribution in [0.4, 0.5) is 0 Å². The third-order valence-corrected chi connectivity index (χ3v) is 7.87. The Hall–Kier alpha value is -3.83. The minimum Gasteiger partial charge on any atom is -0.330 e. The van der Waals surface area contributed by atoms with Gasteiger partial charge < -0.3 is 9.80 Å². The summed E-state index contributed by atoms with van der Waals surface area (Å²) in [6, 6.07) is 38.2. The molecule has 5 heteroatoms. The van der Waals surface area contributed by atoms with Gasteiger partial charge in [-0.15, -0.1) is 11.8 Å². The zero-order valence-electron chi connectivity index (χ0n) is 20.7. The van der Waals surface area contributed by atoms with E-state index < -0.39 is 0 Å². The van der Waals surface area contributed by atoms with Crippen molar-refractivity contribution in [2.75, 3.05) is 12.3 Å². The Morgan fingerprint density at radius 2 is 1.24 bits per heavy atom. The largest absolute Gasteiger partial charge is 0.330 e. The monoisotopic (exact) mass is 506 g/mol. The van der Waals surface area contributed by atoms with Gasteiger partial charge in [0.2, 0.25) is 5.91 Å². The molecule has 0 bridgehead atoms. The number of rotatable bonds is 9. The second-order valence-electron chi connectivity index (χ2n) is 9.24. The van der Waals surface area contributed by atoms with Gasteiger partial charge in [0.1, 0.15) is 5.37 Å². The van der Waals surface area contributed by atoms with E-state index >= 15 is 0 Å². The lowest BCUT2D eigenvalue weighted by Crippen LogP contribution is -2.31. The molecule has 1 atom stereocenters. The maximum absolute atomic E-state index is 13.6. The van der Waals surface area contributed by atoms with E-state index in [4.69, 9.17) is 0 Å². The minimum absolute atomic E-state index is 0.00431. The summed E-state index contributed by atoms with van der Waals surface area (Å²) in [5.74, 6) is 0.653. The number of nitrogens with zero attached hydrogens (tertiary/aromatic N) is 2. The van der Waals surface area contributed by atoms with Gasteiger partial charge >= 0.3 is 0 Å². The topological polar surface area (TPSA) is 40.6 Å². The lowest BCUT2D eigenvalue weighted by Gasteiger charge is -2.25. The molecule has 0 aliphatic carbocycles. The number of carbonyl (C=O) groups excluding carboxylic acids is 2. The third kappa shape index (κ3) is 6.30. The molecular formula is C32H30N2O2S. The quantitative estimate of drug-likeness (QED) is 0.266. The van der Waals surface area contributed by atoms with Crippen LogP contribution in [0.1, 0.15) is 38.0 Å². The van der Waals surface area contributed by atoms with E-state index in [1.165, 1.54) is 5.56 Å². The van der Waals surface area contributed by atoms with Crippen molar-refractivity contribution in [1.82, 2.24) is 9.80 Å². The highest BCUT2D eigenvalue weighted by molar-refractivity contribution is 8.00. The van der Waals surface area contributed by atoms with Crippen LogP contribution in [0.15, 0.2) is 115 Å². The van der Waals surface area contributed by atoms with E-state index in [0.29, 0.717) is 31.0 Å². The van der Waals surface area contributed by atoms with Crippen LogP contribution in [0, 0.1) is 0 Å². The maximum atomic E-state index is 13.6. The fourth-order valence-corrected chi connectivity index (χ4v) is 5.87. The fourth-order valence-electron chi connectivity index (χ4n) is 4.65. The molecular weight excluding hydrogens is 476 g/mol. The van der Waals surface area contributed by atoms with E-state index in [2.05, 4.69) is 12.1 Å². The molecule has 0 radical (unpaired) electrons. The Bertz CT molecular complexity index is 1270. The van der Waals surface area contributed by atoms with Crippen molar-refractivity contribution in [3.63, 3.8) is 0 Å². The first kappa shape index (κ1) is 24.8. The minimum atomic E-state index is -0.0231. The lowest BCUT2D eigenvalue weighted by molar-refractivity contribution is -0.128. The molecule has 4 aromatic rings. The van der Waals surface area contributed by atoms with Crippen LogP contribution in [0.2, 0.25) is 0 Å². The summed E-state index contributed by atoms with van der Waals surface area (Å²) in [6.07, 6.45) is 0.828. The highest BCUT2D eigenvalue weighted by Crippen LogP contribution is 2.38. The van der Waals surface area contributed by atoms with Crippen molar-refractivity contribution in [1.29, 1.82) is 0 Å². The summed E-state index contributed by atoms with van der Waals surface area (Å²) < 4.78 is 0. The highest BCUT2D eigenvalue weighted by Gasteiger charge is 2.32. The van der Waals surface area contributed by atoms with Crippen LogP contribution in [0.25, 0.3) is 0 Å². The average Bonchev–Trinajstić information content (AvgIpc) is 3.33. The van der Waals surface area contributed by atoms with Gasteiger partial charge in [-0.3, -0.25) is 9.59 Å². The summed E-state index contributed by atoms with van der Waals surface area (Å²) >= 11 is 1.65. The summed E-state index contributed by atoms with van der Waals surface area (Å²) in [4.78, 5) is 30.1. The van der Waals surface area contributed by atoms with Crippen LogP contribution in [0.3, 0.4) is 0 Å². The Labute approximate surface area is 222 Å². The van der Waals surface area contributed by atoms with Crippen molar-refractivity contribution in [3.05, 3.63) is 143 Å². The van der Waals surface area contributed by atoms with Gasteiger partial charge in [-0.1, -0.05) is 103 Å². The van der Waals surface area contributed by atoms with Crippen molar-refractivity contribution in [2.45, 2.75) is 24.9 Å². The SMILES string of the molecule is O=C(c1ccc([C@@H]2SCC(=O)N2CCc2ccccc2)cc1)N(Cc1ccccc1)Cc1ccccc1. The van der Waals surface area contributed by atoms with Gasteiger partial charge in [-0.05, 0) is 40.8 Å². The summed E-state index contributed by atoms with van der Waals surface area (Å²) in [7, 11) is 0. The van der Waals surface area contributed by atoms with Crippen LogP contribution in [0.5, 0.6) is 0 Å². The first-order valence-electron chi connectivity index (χ1n) is 12.6. The maximum Gasteiger partial charge on any atom is 0.254 e. The Morgan fingerprint density at radius 3 is 1.78 bits per heavy atom. The summed E-state index contributed by atoms with van der Waals surface area (Å²) in [5.41, 5.74) is 5.12. The number of thioether (sulfide) groups is 1. The molecule has 37 heavy (non-hydrogen) atoms. The first-order valence-corrected chi connectivity index (χ1v) is 13.6. The summed E-state index contributed by atoms with van der Waals surface area (Å²) in [5, 5.41) is -0.0231. The van der Waals surface area contributed by atoms with Gasteiger partial charge in [0, 0.05) is 25.2 Å². The molecule has 1 heterocycles. The van der Waals surface area contributed by atoms with Gasteiger partial charge in [-0.2, -0.15) is 0 Å². The van der Waals surface area contributed by atoms with Crippen LogP contribution >= 0.6 is 11.8 Å². The Morgan fingerprint density at radius 1 is 0.730 bits per heavy atom. The van der Waals surface area contributed by atoms with Gasteiger partial charge in [0.15, 0.2) is 0 Å². The molecule has 1 saturated heterocycles. The Kier molecular flexibility index (Phi) is 8.02. The van der Waals surface area contributed by atoms with Gasteiger partial charge in [0.05, 0.1) is 5.75 Å². The predicted molar refractivity (Wildman–Crippen MR) is 150 cm³/mol. The van der Waals surface area contributed by atoms with Crippen molar-refractivity contribution < 1.29 is 9.59 Å². The van der Waals surface area contributed by atoms with E-state index in [0.717, 1.165) is 23.1 Å². The zero-order valence-corrected chi connectivity index (χ0v) is 21.5. The van der Waals surface area contributed by atoms with E-state index in [9.17, 15) is 9.59 Å². The number of benzene rings is 4. The molecule has 4 nitrogen and oxygen atoms in total. The van der Waals surface area contributed by atoms with Crippen LogP contribution < -0.4 is 0 Å². The smallest absolute Gasteiger partial charge is 0.254 e. The molecule has 186 valence electrons. The lowest BCUT2D eigenvalue weighted by atomic mass is 10.1. The molecule has 0 saturated carbocycles. The second kappa shape index (κ2) is 11.9. The molecule has 0 spiro atoms. The van der Waals surface area contributed by atoms with Crippen molar-refractivity contribution in [3.8, 4) is 0 Å². The molecule has 0 N–H and O–H groups in total. The van der Waals surface area contributed by atoms with E-state index in [-0.39, 0.29) is 17.2 Å². The first-order chi connectivity index (χ1) is 18.2. The Balaban J connectivity index is 1.31. The number of carbonyl (C=O) groups is 2. The number of hydrogen-bond acceptors (Lipinski definition) is 3. The second-order valence-corrected chi connectivity index (χ2v) is 10.3. The van der Waals surface area contributed by atoms with Crippen molar-refractivity contribution in [2.24, 2.45) is 0 Å². The molecule has 1 fully saturated rings. The zero-order chi connectivity index (χ0) is 25.5. The van der Waals surface area contributed by atoms with Gasteiger partial charge in [0.25, 0.3) is 5.91 Å². The van der Waals surface area contributed by atoms with E-state index in [1.807, 2.05) is 113 Å². The van der Waals surface area contributed by atoms with Gasteiger partial charge in [-0.25, -0.2) is 0 Å². The predicted octanol–water partition coefficient (Wildman–Crippen LogP) is 6.35. The normalized spacial score (nSPS) is 15.1. The van der Waals surface area contributed by atoms with Crippen LogP contribution in [-0.4, -0.2) is 33.9 Å².